The van der Waals surface area contributed by atoms with Crippen LogP contribution in [0.15, 0.2) is 134 Å². The van der Waals surface area contributed by atoms with Crippen LogP contribution in [0.5, 0.6) is 0 Å². The van der Waals surface area contributed by atoms with E-state index in [-0.39, 0.29) is 6.17 Å². The third-order valence-electron chi connectivity index (χ3n) is 7.32. The van der Waals surface area contributed by atoms with E-state index in [9.17, 15) is 0 Å². The molecule has 1 atom stereocenters. The summed E-state index contributed by atoms with van der Waals surface area (Å²) >= 11 is 0. The number of allylic oxidation sites excluding steroid dienone is 7. The van der Waals surface area contributed by atoms with E-state index in [1.165, 1.54) is 28.1 Å². The van der Waals surface area contributed by atoms with Gasteiger partial charge in [-0.25, -0.2) is 0 Å². The van der Waals surface area contributed by atoms with Crippen LogP contribution in [0.1, 0.15) is 25.0 Å². The molecular weight excluding hydrogens is 436 g/mol. The summed E-state index contributed by atoms with van der Waals surface area (Å²) < 4.78 is 0. The Kier molecular flexibility index (Phi) is 6.12. The van der Waals surface area contributed by atoms with Crippen molar-refractivity contribution in [2.24, 2.45) is 0 Å². The lowest BCUT2D eigenvalue weighted by molar-refractivity contribution is 0.738. The van der Waals surface area contributed by atoms with Crippen molar-refractivity contribution in [2.75, 3.05) is 9.80 Å². The second-order valence-corrected chi connectivity index (χ2v) is 9.28. The number of rotatable bonds is 5. The Balaban J connectivity index is 1.90. The fourth-order valence-corrected chi connectivity index (χ4v) is 5.60. The standard InChI is InChI=1S/C34H32N2/c1-7-15-23(4)24(5)35-25(6)36-32-20-13-12-18-30(32)29-17-11-10-16-27(29)22-26(8-2)28(9-3)31-19-14-21-33(35)34(31)36/h7-21,25H,1-3,5,22H2,4,6H3/b23-15-,28-26?/t25-/m1/s1. The van der Waals surface area contributed by atoms with Crippen LogP contribution in [0.25, 0.3) is 16.7 Å². The molecule has 2 aliphatic rings. The minimum Gasteiger partial charge on any atom is -0.319 e. The normalized spacial score (nSPS) is 16.6. The highest BCUT2D eigenvalue weighted by Gasteiger charge is 2.39. The zero-order chi connectivity index (χ0) is 25.4. The summed E-state index contributed by atoms with van der Waals surface area (Å²) in [4.78, 5) is 4.79. The van der Waals surface area contributed by atoms with E-state index < -0.39 is 0 Å². The third-order valence-corrected chi connectivity index (χ3v) is 7.32. The van der Waals surface area contributed by atoms with E-state index in [0.717, 1.165) is 40.1 Å². The lowest BCUT2D eigenvalue weighted by atomic mass is 9.88. The van der Waals surface area contributed by atoms with E-state index in [0.29, 0.717) is 0 Å². The first kappa shape index (κ1) is 23.4. The van der Waals surface area contributed by atoms with Crippen molar-refractivity contribution in [2.45, 2.75) is 26.4 Å². The molecule has 0 saturated heterocycles. The SMILES string of the molecule is C=C/C=C(/C)C(=C)N1c2cccc3c2N(c2ccccc2-c2ccccc2CC(C=C)=C3C=C)[C@@H]1C. The van der Waals surface area contributed by atoms with Gasteiger partial charge in [0.25, 0.3) is 0 Å². The Morgan fingerprint density at radius 1 is 0.833 bits per heavy atom. The monoisotopic (exact) mass is 468 g/mol. The molecule has 0 aliphatic carbocycles. The van der Waals surface area contributed by atoms with E-state index in [4.69, 9.17) is 0 Å². The molecule has 0 radical (unpaired) electrons. The number of hydrogen-bond donors (Lipinski definition) is 0. The van der Waals surface area contributed by atoms with Gasteiger partial charge in [-0.1, -0.05) is 105 Å². The highest BCUT2D eigenvalue weighted by molar-refractivity contribution is 6.00. The smallest absolute Gasteiger partial charge is 0.108 e. The second kappa shape index (κ2) is 9.39. The van der Waals surface area contributed by atoms with Gasteiger partial charge in [-0.15, -0.1) is 0 Å². The Hall–Kier alpha value is -4.30. The van der Waals surface area contributed by atoms with Crippen molar-refractivity contribution in [3.05, 3.63) is 145 Å². The molecule has 3 aromatic carbocycles. The van der Waals surface area contributed by atoms with Gasteiger partial charge in [0.2, 0.25) is 0 Å². The van der Waals surface area contributed by atoms with E-state index >= 15 is 0 Å². The maximum Gasteiger partial charge on any atom is 0.108 e. The number of hydrogen-bond acceptors (Lipinski definition) is 2. The van der Waals surface area contributed by atoms with Gasteiger partial charge in [0.1, 0.15) is 6.17 Å². The summed E-state index contributed by atoms with van der Waals surface area (Å²) in [5.41, 5.74) is 12.7. The largest absolute Gasteiger partial charge is 0.319 e. The fourth-order valence-electron chi connectivity index (χ4n) is 5.60. The molecule has 2 heterocycles. The van der Waals surface area contributed by atoms with Gasteiger partial charge in [0.05, 0.1) is 17.1 Å². The van der Waals surface area contributed by atoms with Gasteiger partial charge in [-0.2, -0.15) is 0 Å². The van der Waals surface area contributed by atoms with Crippen LogP contribution >= 0.6 is 0 Å². The van der Waals surface area contributed by atoms with Crippen molar-refractivity contribution in [1.82, 2.24) is 0 Å². The van der Waals surface area contributed by atoms with Crippen LogP contribution in [0, 0.1) is 0 Å². The predicted octanol–water partition coefficient (Wildman–Crippen LogP) is 8.99. The molecule has 2 heteroatoms. The van der Waals surface area contributed by atoms with Crippen LogP contribution < -0.4 is 9.80 Å². The highest BCUT2D eigenvalue weighted by atomic mass is 15.4. The zero-order valence-electron chi connectivity index (χ0n) is 21.2. The number of anilines is 3. The molecule has 0 unspecified atom stereocenters. The molecule has 2 aliphatic heterocycles. The maximum absolute atomic E-state index is 4.50. The molecule has 0 saturated carbocycles. The molecule has 0 aromatic heterocycles. The summed E-state index contributed by atoms with van der Waals surface area (Å²) in [6.07, 6.45) is 8.59. The van der Waals surface area contributed by atoms with Gasteiger partial charge < -0.3 is 9.80 Å². The number of benzene rings is 3. The first-order valence-electron chi connectivity index (χ1n) is 12.4. The van der Waals surface area contributed by atoms with Crippen LogP contribution in [0.4, 0.5) is 17.1 Å². The Morgan fingerprint density at radius 2 is 1.50 bits per heavy atom. The van der Waals surface area contributed by atoms with Crippen LogP contribution in [0.2, 0.25) is 0 Å². The molecule has 178 valence electrons. The van der Waals surface area contributed by atoms with E-state index in [2.05, 4.69) is 117 Å². The van der Waals surface area contributed by atoms with Gasteiger partial charge in [0, 0.05) is 16.8 Å². The van der Waals surface area contributed by atoms with Crippen molar-refractivity contribution in [3.8, 4) is 11.1 Å². The van der Waals surface area contributed by atoms with Crippen molar-refractivity contribution < 1.29 is 0 Å². The molecule has 0 fully saturated rings. The second-order valence-electron chi connectivity index (χ2n) is 9.28. The molecule has 36 heavy (non-hydrogen) atoms. The highest BCUT2D eigenvalue weighted by Crippen LogP contribution is 2.53. The Bertz CT molecular complexity index is 1470. The van der Waals surface area contributed by atoms with Crippen LogP contribution in [-0.2, 0) is 6.42 Å². The summed E-state index contributed by atoms with van der Waals surface area (Å²) in [5, 5.41) is 0. The van der Waals surface area contributed by atoms with Gasteiger partial charge in [-0.3, -0.25) is 0 Å². The summed E-state index contributed by atoms with van der Waals surface area (Å²) in [6.45, 7) is 21.2. The molecule has 3 aromatic rings. The van der Waals surface area contributed by atoms with Crippen molar-refractivity contribution in [3.63, 3.8) is 0 Å². The molecule has 0 bridgehead atoms. The minimum absolute atomic E-state index is 0.00722. The molecule has 0 amide bonds. The van der Waals surface area contributed by atoms with Crippen LogP contribution in [0.3, 0.4) is 0 Å². The fraction of sp³-hybridized carbons (Fsp3) is 0.118. The zero-order valence-corrected chi connectivity index (χ0v) is 21.2. The van der Waals surface area contributed by atoms with Gasteiger partial charge in [0.15, 0.2) is 0 Å². The molecule has 0 spiro atoms. The lowest BCUT2D eigenvalue weighted by Crippen LogP contribution is -2.38. The molecular formula is C34H32N2. The average molecular weight is 469 g/mol. The first-order chi connectivity index (χ1) is 17.5. The van der Waals surface area contributed by atoms with Gasteiger partial charge in [-0.05, 0) is 60.2 Å². The summed E-state index contributed by atoms with van der Waals surface area (Å²) in [5.74, 6) is 0. The van der Waals surface area contributed by atoms with Crippen molar-refractivity contribution in [1.29, 1.82) is 0 Å². The first-order valence-corrected chi connectivity index (χ1v) is 12.4. The van der Waals surface area contributed by atoms with E-state index in [1.54, 1.807) is 0 Å². The molecule has 5 rings (SSSR count). The maximum atomic E-state index is 4.50. The quantitative estimate of drug-likeness (QED) is 0.345. The van der Waals surface area contributed by atoms with Gasteiger partial charge >= 0.3 is 0 Å². The van der Waals surface area contributed by atoms with E-state index in [1.807, 2.05) is 24.3 Å². The predicted molar refractivity (Wildman–Crippen MR) is 157 cm³/mol. The lowest BCUT2D eigenvalue weighted by Gasteiger charge is -2.33. The minimum atomic E-state index is 0.00722. The third kappa shape index (κ3) is 3.58. The van der Waals surface area contributed by atoms with Crippen molar-refractivity contribution >= 4 is 22.6 Å². The number of fused-ring (bicyclic) bond motifs is 4. The average Bonchev–Trinajstić information content (AvgIpc) is 3.20. The molecule has 2 nitrogen and oxygen atoms in total. The Morgan fingerprint density at radius 3 is 2.22 bits per heavy atom. The summed E-state index contributed by atoms with van der Waals surface area (Å²) in [6, 6.07) is 23.9. The Labute approximate surface area is 215 Å². The number of nitrogens with zero attached hydrogens (tertiary/aromatic N) is 2. The van der Waals surface area contributed by atoms with Crippen LogP contribution in [-0.4, -0.2) is 6.17 Å². The summed E-state index contributed by atoms with van der Waals surface area (Å²) in [7, 11) is 0. The molecule has 0 N–H and O–H groups in total. The topological polar surface area (TPSA) is 6.48 Å². The number of para-hydroxylation sites is 2.